The van der Waals surface area contributed by atoms with Crippen molar-refractivity contribution >= 4 is 12.2 Å². The summed E-state index contributed by atoms with van der Waals surface area (Å²) in [6.45, 7) is 2.79. The molecule has 24 heavy (non-hydrogen) atoms. The molecule has 6 heteroatoms. The van der Waals surface area contributed by atoms with E-state index in [0.717, 1.165) is 42.7 Å². The maximum absolute atomic E-state index is 5.37. The summed E-state index contributed by atoms with van der Waals surface area (Å²) in [7, 11) is 0. The average molecular weight is 322 g/mol. The van der Waals surface area contributed by atoms with Gasteiger partial charge < -0.3 is 14.4 Å². The highest BCUT2D eigenvalue weighted by molar-refractivity contribution is 5.85. The summed E-state index contributed by atoms with van der Waals surface area (Å²) in [4.78, 5) is 6.66. The number of hydrogen-bond donors (Lipinski definition) is 1. The molecule has 0 aliphatic carbocycles. The number of nitrogens with zero attached hydrogens (tertiary/aromatic N) is 3. The van der Waals surface area contributed by atoms with Gasteiger partial charge in [-0.3, -0.25) is 0 Å². The van der Waals surface area contributed by atoms with Gasteiger partial charge in [-0.25, -0.2) is 10.4 Å². The fraction of sp³-hybridized carbons (Fsp3) is 0.222. The minimum absolute atomic E-state index is 0.277. The molecule has 122 valence electrons. The van der Waals surface area contributed by atoms with Gasteiger partial charge in [0.15, 0.2) is 11.5 Å². The Kier molecular flexibility index (Phi) is 4.02. The fourth-order valence-electron chi connectivity index (χ4n) is 2.70. The number of rotatable bonds is 4. The molecule has 0 saturated carbocycles. The largest absolute Gasteiger partial charge is 0.454 e. The third kappa shape index (κ3) is 3.17. The van der Waals surface area contributed by atoms with Crippen LogP contribution in [0, 0.1) is 0 Å². The molecule has 2 aliphatic rings. The second-order valence-electron chi connectivity index (χ2n) is 5.60. The third-order valence-corrected chi connectivity index (χ3v) is 3.92. The smallest absolute Gasteiger partial charge is 0.231 e. The number of hydrogen-bond acceptors (Lipinski definition) is 6. The van der Waals surface area contributed by atoms with E-state index in [1.807, 2.05) is 36.4 Å². The zero-order chi connectivity index (χ0) is 16.2. The van der Waals surface area contributed by atoms with Crippen molar-refractivity contribution in [3.05, 3.63) is 59.7 Å². The van der Waals surface area contributed by atoms with E-state index in [1.54, 1.807) is 6.21 Å². The van der Waals surface area contributed by atoms with Gasteiger partial charge in [0.2, 0.25) is 12.8 Å². The van der Waals surface area contributed by atoms with Crippen molar-refractivity contribution < 1.29 is 9.47 Å². The van der Waals surface area contributed by atoms with Gasteiger partial charge in [-0.1, -0.05) is 30.3 Å². The average Bonchev–Trinajstić information content (AvgIpc) is 3.25. The number of ether oxygens (including phenoxy) is 2. The van der Waals surface area contributed by atoms with Crippen LogP contribution in [-0.2, 0) is 6.54 Å². The van der Waals surface area contributed by atoms with Crippen LogP contribution in [-0.4, -0.2) is 37.0 Å². The van der Waals surface area contributed by atoms with E-state index in [9.17, 15) is 0 Å². The lowest BCUT2D eigenvalue weighted by Gasteiger charge is -2.19. The van der Waals surface area contributed by atoms with E-state index in [2.05, 4.69) is 32.6 Å². The molecule has 0 amide bonds. The lowest BCUT2D eigenvalue weighted by molar-refractivity contribution is 0.174. The van der Waals surface area contributed by atoms with Gasteiger partial charge >= 0.3 is 0 Å². The second kappa shape index (κ2) is 6.62. The van der Waals surface area contributed by atoms with Gasteiger partial charge in [0.05, 0.1) is 12.8 Å². The van der Waals surface area contributed by atoms with Gasteiger partial charge in [0, 0.05) is 13.1 Å². The Labute approximate surface area is 140 Å². The Hall–Kier alpha value is -3.02. The molecule has 6 nitrogen and oxygen atoms in total. The first-order chi connectivity index (χ1) is 11.9. The second-order valence-corrected chi connectivity index (χ2v) is 5.60. The molecule has 0 fully saturated rings. The molecule has 4 rings (SSSR count). The molecule has 0 unspecified atom stereocenters. The van der Waals surface area contributed by atoms with Crippen molar-refractivity contribution in [2.24, 2.45) is 10.1 Å². The Morgan fingerprint density at radius 3 is 2.92 bits per heavy atom. The summed E-state index contributed by atoms with van der Waals surface area (Å²) in [5.41, 5.74) is 5.24. The van der Waals surface area contributed by atoms with E-state index >= 15 is 0 Å². The monoisotopic (exact) mass is 322 g/mol. The lowest BCUT2D eigenvalue weighted by atomic mass is 10.2. The molecule has 2 aromatic rings. The van der Waals surface area contributed by atoms with E-state index < -0.39 is 0 Å². The topological polar surface area (TPSA) is 58.5 Å². The maximum Gasteiger partial charge on any atom is 0.231 e. The van der Waals surface area contributed by atoms with Crippen LogP contribution in [0.2, 0.25) is 0 Å². The highest BCUT2D eigenvalue weighted by Crippen LogP contribution is 2.31. The standard InChI is InChI=1S/C18H18N4O2/c1-2-4-14(5-3-1)12-22-9-8-19-18(22)21-20-11-15-6-7-16-17(10-15)24-13-23-16/h1-7,10-11H,8-9,12-13H2,(H,19,21)/b20-11-. The fourth-order valence-corrected chi connectivity index (χ4v) is 2.70. The van der Waals surface area contributed by atoms with Gasteiger partial charge in [-0.2, -0.15) is 5.10 Å². The first-order valence-corrected chi connectivity index (χ1v) is 7.90. The van der Waals surface area contributed by atoms with Gasteiger partial charge in [0.25, 0.3) is 0 Å². The molecule has 0 bridgehead atoms. The number of aliphatic imine (C=N–C) groups is 1. The zero-order valence-corrected chi connectivity index (χ0v) is 13.2. The molecular weight excluding hydrogens is 304 g/mol. The SMILES string of the molecule is C(=N/NC1=NCCN1Cc1ccccc1)/c1ccc2c(c1)OCO2. The Bertz CT molecular complexity index is 774. The quantitative estimate of drug-likeness (QED) is 0.693. The lowest BCUT2D eigenvalue weighted by Crippen LogP contribution is -2.35. The number of benzene rings is 2. The van der Waals surface area contributed by atoms with Crippen molar-refractivity contribution in [1.82, 2.24) is 10.3 Å². The molecule has 0 atom stereocenters. The van der Waals surface area contributed by atoms with Gasteiger partial charge in [0.1, 0.15) is 0 Å². The first-order valence-electron chi connectivity index (χ1n) is 7.90. The molecule has 2 heterocycles. The molecular formula is C18H18N4O2. The highest BCUT2D eigenvalue weighted by Gasteiger charge is 2.16. The third-order valence-electron chi connectivity index (χ3n) is 3.92. The van der Waals surface area contributed by atoms with Crippen molar-refractivity contribution in [2.45, 2.75) is 6.54 Å². The molecule has 1 N–H and O–H groups in total. The molecule has 0 aromatic heterocycles. The summed E-state index contributed by atoms with van der Waals surface area (Å²) < 4.78 is 10.7. The van der Waals surface area contributed by atoms with Crippen LogP contribution >= 0.6 is 0 Å². The zero-order valence-electron chi connectivity index (χ0n) is 13.2. The van der Waals surface area contributed by atoms with E-state index in [0.29, 0.717) is 0 Å². The predicted octanol–water partition coefficient (Wildman–Crippen LogP) is 2.21. The Morgan fingerprint density at radius 2 is 2.00 bits per heavy atom. The normalized spacial score (nSPS) is 15.8. The van der Waals surface area contributed by atoms with Crippen molar-refractivity contribution in [1.29, 1.82) is 0 Å². The Morgan fingerprint density at radius 1 is 1.12 bits per heavy atom. The van der Waals surface area contributed by atoms with E-state index in [1.165, 1.54) is 5.56 Å². The molecule has 2 aliphatic heterocycles. The van der Waals surface area contributed by atoms with Crippen LogP contribution in [0.15, 0.2) is 58.6 Å². The van der Waals surface area contributed by atoms with Crippen LogP contribution in [0.25, 0.3) is 0 Å². The van der Waals surface area contributed by atoms with Crippen LogP contribution in [0.3, 0.4) is 0 Å². The number of hydrazone groups is 1. The molecule has 2 aromatic carbocycles. The van der Waals surface area contributed by atoms with Crippen molar-refractivity contribution in [2.75, 3.05) is 19.9 Å². The summed E-state index contributed by atoms with van der Waals surface area (Å²) in [5, 5.41) is 4.30. The van der Waals surface area contributed by atoms with Crippen LogP contribution in [0.5, 0.6) is 11.5 Å². The van der Waals surface area contributed by atoms with E-state index in [-0.39, 0.29) is 6.79 Å². The molecule has 0 saturated heterocycles. The summed E-state index contributed by atoms with van der Waals surface area (Å²) in [6.07, 6.45) is 1.75. The Balaban J connectivity index is 1.38. The highest BCUT2D eigenvalue weighted by atomic mass is 16.7. The molecule has 0 spiro atoms. The predicted molar refractivity (Wildman–Crippen MR) is 92.4 cm³/mol. The molecule has 0 radical (unpaired) electrons. The summed E-state index contributed by atoms with van der Waals surface area (Å²) in [5.74, 6) is 2.33. The van der Waals surface area contributed by atoms with E-state index in [4.69, 9.17) is 9.47 Å². The number of guanidine groups is 1. The van der Waals surface area contributed by atoms with Crippen LogP contribution in [0.1, 0.15) is 11.1 Å². The number of nitrogens with one attached hydrogen (secondary N) is 1. The van der Waals surface area contributed by atoms with Gasteiger partial charge in [-0.05, 0) is 29.3 Å². The number of fused-ring (bicyclic) bond motifs is 1. The van der Waals surface area contributed by atoms with Crippen LogP contribution in [0.4, 0.5) is 0 Å². The first kappa shape index (κ1) is 14.6. The minimum Gasteiger partial charge on any atom is -0.454 e. The maximum atomic E-state index is 5.37. The van der Waals surface area contributed by atoms with Crippen LogP contribution < -0.4 is 14.9 Å². The van der Waals surface area contributed by atoms with Crippen molar-refractivity contribution in [3.63, 3.8) is 0 Å². The minimum atomic E-state index is 0.277. The van der Waals surface area contributed by atoms with Crippen molar-refractivity contribution in [3.8, 4) is 11.5 Å². The van der Waals surface area contributed by atoms with Gasteiger partial charge in [-0.15, -0.1) is 0 Å². The summed E-state index contributed by atoms with van der Waals surface area (Å²) in [6, 6.07) is 16.1. The summed E-state index contributed by atoms with van der Waals surface area (Å²) >= 11 is 0.